The quantitative estimate of drug-likeness (QED) is 0.408. The van der Waals surface area contributed by atoms with E-state index in [2.05, 4.69) is 10.5 Å². The molecule has 0 unspecified atom stereocenters. The topological polar surface area (TPSA) is 97.3 Å². The lowest BCUT2D eigenvalue weighted by molar-refractivity contribution is -0.119. The van der Waals surface area contributed by atoms with Crippen LogP contribution in [0.3, 0.4) is 0 Å². The Kier molecular flexibility index (Phi) is 6.73. The maximum Gasteiger partial charge on any atom is 0.264 e. The van der Waals surface area contributed by atoms with Gasteiger partial charge in [-0.2, -0.15) is 5.10 Å². The molecule has 0 aromatic heterocycles. The number of nitrogens with zero attached hydrogens (tertiary/aromatic N) is 2. The summed E-state index contributed by atoms with van der Waals surface area (Å²) in [5.41, 5.74) is 2.85. The molecule has 0 spiro atoms. The molecule has 1 amide bonds. The number of sulfonamides is 1. The molecule has 176 valence electrons. The Morgan fingerprint density at radius 2 is 1.56 bits per heavy atom. The van der Waals surface area contributed by atoms with Gasteiger partial charge in [-0.1, -0.05) is 12.1 Å². The largest absolute Gasteiger partial charge is 0.486 e. The highest BCUT2D eigenvalue weighted by molar-refractivity contribution is 7.92. The van der Waals surface area contributed by atoms with Crippen molar-refractivity contribution in [3.63, 3.8) is 0 Å². The van der Waals surface area contributed by atoms with Crippen LogP contribution < -0.4 is 19.2 Å². The van der Waals surface area contributed by atoms with Gasteiger partial charge in [-0.05, 0) is 54.1 Å². The molecule has 0 aliphatic carbocycles. The van der Waals surface area contributed by atoms with Gasteiger partial charge < -0.3 is 9.47 Å². The second-order valence-corrected chi connectivity index (χ2v) is 9.00. The van der Waals surface area contributed by atoms with Crippen molar-refractivity contribution in [3.8, 4) is 11.5 Å². The SMILES string of the molecule is O=C(CN(c1ccc(F)cc1)S(=O)(=O)c1ccc2c(c1)OCCO2)N/N=C\c1ccc(F)cc1. The Hall–Kier alpha value is -3.99. The normalized spacial score (nSPS) is 13.0. The van der Waals surface area contributed by atoms with E-state index in [1.165, 1.54) is 60.8 Å². The van der Waals surface area contributed by atoms with Gasteiger partial charge in [0.15, 0.2) is 11.5 Å². The minimum atomic E-state index is -4.26. The highest BCUT2D eigenvalue weighted by atomic mass is 32.2. The van der Waals surface area contributed by atoms with Crippen LogP contribution in [0.4, 0.5) is 14.5 Å². The van der Waals surface area contributed by atoms with Crippen LogP contribution in [0.25, 0.3) is 0 Å². The Morgan fingerprint density at radius 1 is 0.941 bits per heavy atom. The van der Waals surface area contributed by atoms with Gasteiger partial charge in [0, 0.05) is 6.07 Å². The summed E-state index contributed by atoms with van der Waals surface area (Å²) >= 11 is 0. The fraction of sp³-hybridized carbons (Fsp3) is 0.130. The molecule has 0 saturated heterocycles. The average Bonchev–Trinajstić information content (AvgIpc) is 2.84. The minimum Gasteiger partial charge on any atom is -0.486 e. The minimum absolute atomic E-state index is 0.0777. The number of benzene rings is 3. The van der Waals surface area contributed by atoms with E-state index in [9.17, 15) is 22.0 Å². The number of anilines is 1. The van der Waals surface area contributed by atoms with Crippen molar-refractivity contribution >= 4 is 27.8 Å². The maximum atomic E-state index is 13.5. The van der Waals surface area contributed by atoms with Gasteiger partial charge >= 0.3 is 0 Å². The van der Waals surface area contributed by atoms with E-state index in [1.54, 1.807) is 0 Å². The van der Waals surface area contributed by atoms with Crippen molar-refractivity contribution < 1.29 is 31.5 Å². The van der Waals surface area contributed by atoms with Gasteiger partial charge in [0.25, 0.3) is 15.9 Å². The summed E-state index contributed by atoms with van der Waals surface area (Å²) < 4.78 is 65.1. The van der Waals surface area contributed by atoms with Gasteiger partial charge in [-0.25, -0.2) is 22.6 Å². The van der Waals surface area contributed by atoms with Crippen molar-refractivity contribution in [2.45, 2.75) is 4.90 Å². The first-order valence-electron chi connectivity index (χ1n) is 10.1. The number of amides is 1. The van der Waals surface area contributed by atoms with E-state index >= 15 is 0 Å². The van der Waals surface area contributed by atoms with Crippen LogP contribution in [-0.2, 0) is 14.8 Å². The average molecular weight is 487 g/mol. The first kappa shape index (κ1) is 23.2. The van der Waals surface area contributed by atoms with E-state index < -0.39 is 34.1 Å². The zero-order chi connectivity index (χ0) is 24.1. The predicted octanol–water partition coefficient (Wildman–Crippen LogP) is 3.08. The molecule has 11 heteroatoms. The van der Waals surface area contributed by atoms with Crippen LogP contribution >= 0.6 is 0 Å². The standard InChI is InChI=1S/C23H19F2N3O5S/c24-17-3-1-16(2-4-17)14-26-27-23(29)15-28(19-7-5-18(25)6-8-19)34(30,31)20-9-10-21-22(13-20)33-12-11-32-21/h1-10,13-14H,11-12,15H2,(H,27,29)/b26-14-. The third-order valence-corrected chi connectivity index (χ3v) is 6.55. The number of hydrogen-bond donors (Lipinski definition) is 1. The lowest BCUT2D eigenvalue weighted by Gasteiger charge is -2.25. The zero-order valence-electron chi connectivity index (χ0n) is 17.6. The molecule has 1 aliphatic rings. The van der Waals surface area contributed by atoms with E-state index in [1.807, 2.05) is 0 Å². The van der Waals surface area contributed by atoms with Crippen LogP contribution in [-0.4, -0.2) is 40.3 Å². The van der Waals surface area contributed by atoms with Gasteiger partial charge in [0.1, 0.15) is 31.4 Å². The molecule has 34 heavy (non-hydrogen) atoms. The van der Waals surface area contributed by atoms with Crippen LogP contribution in [0.15, 0.2) is 76.7 Å². The Morgan fingerprint density at radius 3 is 2.24 bits per heavy atom. The number of ether oxygens (including phenoxy) is 2. The molecule has 1 N–H and O–H groups in total. The number of hydrazone groups is 1. The number of nitrogens with one attached hydrogen (secondary N) is 1. The molecule has 3 aromatic carbocycles. The second-order valence-electron chi connectivity index (χ2n) is 7.14. The first-order chi connectivity index (χ1) is 16.3. The molecule has 0 bridgehead atoms. The van der Waals surface area contributed by atoms with Crippen molar-refractivity contribution in [2.24, 2.45) is 5.10 Å². The maximum absolute atomic E-state index is 13.5. The van der Waals surface area contributed by atoms with E-state index in [4.69, 9.17) is 9.47 Å². The molecular formula is C23H19F2N3O5S. The highest BCUT2D eigenvalue weighted by Gasteiger charge is 2.29. The van der Waals surface area contributed by atoms with Gasteiger partial charge in [0.2, 0.25) is 0 Å². The summed E-state index contributed by atoms with van der Waals surface area (Å²) in [5.74, 6) is -1.05. The molecule has 0 fully saturated rings. The third-order valence-electron chi connectivity index (χ3n) is 4.78. The van der Waals surface area contributed by atoms with Crippen LogP contribution in [0.5, 0.6) is 11.5 Å². The van der Waals surface area contributed by atoms with Crippen molar-refractivity contribution in [1.82, 2.24) is 5.43 Å². The van der Waals surface area contributed by atoms with Crippen LogP contribution in [0.1, 0.15) is 5.56 Å². The third kappa shape index (κ3) is 5.31. The number of carbonyl (C=O) groups excluding carboxylic acids is 1. The molecule has 0 saturated carbocycles. The molecule has 0 radical (unpaired) electrons. The summed E-state index contributed by atoms with van der Waals surface area (Å²) in [4.78, 5) is 12.4. The molecule has 4 rings (SSSR count). The number of rotatable bonds is 7. The molecule has 1 aliphatic heterocycles. The van der Waals surface area contributed by atoms with Gasteiger partial charge in [0.05, 0.1) is 16.8 Å². The van der Waals surface area contributed by atoms with E-state index in [0.29, 0.717) is 17.9 Å². The number of halogens is 2. The first-order valence-corrected chi connectivity index (χ1v) is 11.5. The molecule has 3 aromatic rings. The van der Waals surface area contributed by atoms with Crippen LogP contribution in [0.2, 0.25) is 0 Å². The lowest BCUT2D eigenvalue weighted by atomic mass is 10.2. The molecule has 1 heterocycles. The molecular weight excluding hydrogens is 468 g/mol. The smallest absolute Gasteiger partial charge is 0.264 e. The van der Waals surface area contributed by atoms with Crippen molar-refractivity contribution in [1.29, 1.82) is 0 Å². The fourth-order valence-electron chi connectivity index (χ4n) is 3.13. The van der Waals surface area contributed by atoms with Crippen molar-refractivity contribution in [3.05, 3.63) is 83.9 Å². The van der Waals surface area contributed by atoms with E-state index in [-0.39, 0.29) is 22.9 Å². The molecule has 8 nitrogen and oxygen atoms in total. The van der Waals surface area contributed by atoms with E-state index in [0.717, 1.165) is 16.4 Å². The predicted molar refractivity (Wildman–Crippen MR) is 121 cm³/mol. The molecule has 0 atom stereocenters. The van der Waals surface area contributed by atoms with Crippen LogP contribution in [0, 0.1) is 11.6 Å². The summed E-state index contributed by atoms with van der Waals surface area (Å²) in [6.07, 6.45) is 1.29. The number of hydrogen-bond acceptors (Lipinski definition) is 6. The van der Waals surface area contributed by atoms with Crippen molar-refractivity contribution in [2.75, 3.05) is 24.1 Å². The zero-order valence-corrected chi connectivity index (χ0v) is 18.5. The number of fused-ring (bicyclic) bond motifs is 1. The number of carbonyl (C=O) groups is 1. The Balaban J connectivity index is 1.58. The Bertz CT molecular complexity index is 1310. The van der Waals surface area contributed by atoms with Gasteiger partial charge in [-0.3, -0.25) is 9.10 Å². The summed E-state index contributed by atoms with van der Waals surface area (Å²) in [5, 5.41) is 3.78. The van der Waals surface area contributed by atoms with Gasteiger partial charge in [-0.15, -0.1) is 0 Å². The fourth-order valence-corrected chi connectivity index (χ4v) is 4.56. The Labute approximate surface area is 194 Å². The lowest BCUT2D eigenvalue weighted by Crippen LogP contribution is -2.39. The monoisotopic (exact) mass is 487 g/mol. The summed E-state index contributed by atoms with van der Waals surface area (Å²) in [6, 6.07) is 14.2. The summed E-state index contributed by atoms with van der Waals surface area (Å²) in [6.45, 7) is -0.0186. The summed E-state index contributed by atoms with van der Waals surface area (Å²) in [7, 11) is -4.26. The second kappa shape index (κ2) is 9.87. The highest BCUT2D eigenvalue weighted by Crippen LogP contribution is 2.34.